The number of methoxy groups -OCH3 is 3. The zero-order valence-electron chi connectivity index (χ0n) is 21.0. The molecule has 3 aromatic carbocycles. The van der Waals surface area contributed by atoms with Crippen LogP contribution in [0.4, 0.5) is 0 Å². The van der Waals surface area contributed by atoms with Crippen LogP contribution >= 0.6 is 0 Å². The van der Waals surface area contributed by atoms with Crippen LogP contribution in [0.3, 0.4) is 0 Å². The molecule has 0 aliphatic heterocycles. The zero-order valence-corrected chi connectivity index (χ0v) is 21.0. The summed E-state index contributed by atoms with van der Waals surface area (Å²) >= 11 is 0. The number of rotatable bonds is 12. The van der Waals surface area contributed by atoms with Crippen molar-refractivity contribution in [2.45, 2.75) is 25.3 Å². The Bertz CT molecular complexity index is 1150. The number of phenolic OH excluding ortho intramolecular Hbond substituents is 1. The van der Waals surface area contributed by atoms with Crippen molar-refractivity contribution in [3.05, 3.63) is 83.4 Å². The Hall–Kier alpha value is -4.04. The Labute approximate surface area is 211 Å². The van der Waals surface area contributed by atoms with Gasteiger partial charge in [0.15, 0.2) is 11.5 Å². The molecule has 2 unspecified atom stereocenters. The first-order valence-corrected chi connectivity index (χ1v) is 11.7. The van der Waals surface area contributed by atoms with Crippen molar-refractivity contribution >= 4 is 12.1 Å². The quantitative estimate of drug-likeness (QED) is 0.257. The third kappa shape index (κ3) is 6.99. The molecule has 0 saturated carbocycles. The summed E-state index contributed by atoms with van der Waals surface area (Å²) in [7, 11) is 4.75. The Balaban J connectivity index is 1.72. The SMILES string of the molecule is CCC(c1ccc(OC)cc1)C(NCC(=O)N/N=C/c1ccc(O)c(OC)c1)c1ccc(OC)cc1. The molecule has 0 aliphatic carbocycles. The number of carbonyl (C=O) groups excluding carboxylic acids is 1. The van der Waals surface area contributed by atoms with Crippen LogP contribution in [0.2, 0.25) is 0 Å². The van der Waals surface area contributed by atoms with E-state index in [1.165, 1.54) is 19.4 Å². The van der Waals surface area contributed by atoms with Crippen molar-refractivity contribution < 1.29 is 24.1 Å². The lowest BCUT2D eigenvalue weighted by Crippen LogP contribution is -2.36. The Morgan fingerprint density at radius 1 is 0.917 bits per heavy atom. The molecule has 0 aliphatic rings. The fraction of sp³-hybridized carbons (Fsp3) is 0.286. The fourth-order valence-electron chi connectivity index (χ4n) is 4.01. The minimum atomic E-state index is -0.278. The maximum absolute atomic E-state index is 12.6. The standard InChI is InChI=1S/C28H33N3O5/c1-5-24(20-7-11-22(34-2)12-8-20)28(21-9-13-23(35-3)14-10-21)29-18-27(33)31-30-17-19-6-15-25(32)26(16-19)36-4/h6-17,24,28-29,32H,5,18H2,1-4H3,(H,31,33)/b30-17+. The molecule has 190 valence electrons. The molecule has 3 rings (SSSR count). The van der Waals surface area contributed by atoms with Crippen LogP contribution in [0.1, 0.15) is 42.0 Å². The van der Waals surface area contributed by atoms with Gasteiger partial charge < -0.3 is 24.6 Å². The molecule has 0 fully saturated rings. The summed E-state index contributed by atoms with van der Waals surface area (Å²) in [6.45, 7) is 2.20. The molecule has 8 nitrogen and oxygen atoms in total. The van der Waals surface area contributed by atoms with Gasteiger partial charge in [-0.1, -0.05) is 31.2 Å². The number of benzene rings is 3. The van der Waals surface area contributed by atoms with Crippen molar-refractivity contribution in [1.82, 2.24) is 10.7 Å². The van der Waals surface area contributed by atoms with E-state index >= 15 is 0 Å². The van der Waals surface area contributed by atoms with E-state index < -0.39 is 0 Å². The van der Waals surface area contributed by atoms with Gasteiger partial charge in [-0.3, -0.25) is 4.79 Å². The number of hydrogen-bond acceptors (Lipinski definition) is 7. The number of nitrogens with zero attached hydrogens (tertiary/aromatic N) is 1. The lowest BCUT2D eigenvalue weighted by Gasteiger charge is -2.28. The summed E-state index contributed by atoms with van der Waals surface area (Å²) in [6.07, 6.45) is 2.35. The van der Waals surface area contributed by atoms with Crippen LogP contribution in [-0.2, 0) is 4.79 Å². The van der Waals surface area contributed by atoms with Crippen molar-refractivity contribution in [1.29, 1.82) is 0 Å². The predicted octanol–water partition coefficient (Wildman–Crippen LogP) is 4.39. The largest absolute Gasteiger partial charge is 0.504 e. The van der Waals surface area contributed by atoms with E-state index in [2.05, 4.69) is 34.9 Å². The number of hydrogen-bond donors (Lipinski definition) is 3. The first-order chi connectivity index (χ1) is 17.5. The van der Waals surface area contributed by atoms with Gasteiger partial charge >= 0.3 is 0 Å². The average Bonchev–Trinajstić information content (AvgIpc) is 2.92. The molecule has 1 amide bonds. The van der Waals surface area contributed by atoms with Gasteiger partial charge in [-0.05, 0) is 65.6 Å². The molecule has 0 saturated heterocycles. The highest BCUT2D eigenvalue weighted by Crippen LogP contribution is 2.35. The topological polar surface area (TPSA) is 101 Å². The molecule has 0 spiro atoms. The number of aromatic hydroxyl groups is 1. The van der Waals surface area contributed by atoms with E-state index in [0.717, 1.165) is 29.0 Å². The predicted molar refractivity (Wildman–Crippen MR) is 140 cm³/mol. The molecular formula is C28H33N3O5. The highest BCUT2D eigenvalue weighted by atomic mass is 16.5. The van der Waals surface area contributed by atoms with Gasteiger partial charge in [-0.25, -0.2) is 5.43 Å². The van der Waals surface area contributed by atoms with Crippen molar-refractivity contribution in [2.75, 3.05) is 27.9 Å². The molecule has 0 bridgehead atoms. The summed E-state index contributed by atoms with van der Waals surface area (Å²) in [4.78, 5) is 12.6. The molecule has 8 heteroatoms. The number of ether oxygens (including phenoxy) is 3. The first-order valence-electron chi connectivity index (χ1n) is 11.7. The summed E-state index contributed by atoms with van der Waals surface area (Å²) < 4.78 is 15.7. The molecule has 0 radical (unpaired) electrons. The summed E-state index contributed by atoms with van der Waals surface area (Å²) in [5, 5.41) is 17.2. The van der Waals surface area contributed by atoms with Gasteiger partial charge in [-0.15, -0.1) is 0 Å². The minimum Gasteiger partial charge on any atom is -0.504 e. The van der Waals surface area contributed by atoms with E-state index in [-0.39, 0.29) is 30.2 Å². The van der Waals surface area contributed by atoms with Crippen molar-refractivity contribution in [3.8, 4) is 23.0 Å². The van der Waals surface area contributed by atoms with E-state index in [9.17, 15) is 9.90 Å². The van der Waals surface area contributed by atoms with Crippen LogP contribution < -0.4 is 25.0 Å². The summed E-state index contributed by atoms with van der Waals surface area (Å²) in [5.41, 5.74) is 5.42. The first kappa shape index (κ1) is 26.6. The Morgan fingerprint density at radius 3 is 2.08 bits per heavy atom. The molecule has 36 heavy (non-hydrogen) atoms. The minimum absolute atomic E-state index is 0.0368. The summed E-state index contributed by atoms with van der Waals surface area (Å²) in [6, 6.07) is 20.6. The number of hydrazone groups is 1. The van der Waals surface area contributed by atoms with Gasteiger partial charge in [0.05, 0.1) is 34.1 Å². The lowest BCUT2D eigenvalue weighted by molar-refractivity contribution is -0.120. The second kappa shape index (κ2) is 13.2. The number of carbonyl (C=O) groups is 1. The van der Waals surface area contributed by atoms with Crippen LogP contribution in [0.15, 0.2) is 71.8 Å². The Kier molecular flexibility index (Phi) is 9.71. The highest BCUT2D eigenvalue weighted by molar-refractivity contribution is 5.83. The average molecular weight is 492 g/mol. The van der Waals surface area contributed by atoms with Gasteiger partial charge in [0, 0.05) is 12.0 Å². The number of nitrogens with one attached hydrogen (secondary N) is 2. The highest BCUT2D eigenvalue weighted by Gasteiger charge is 2.24. The van der Waals surface area contributed by atoms with Crippen molar-refractivity contribution in [2.24, 2.45) is 5.10 Å². The maximum Gasteiger partial charge on any atom is 0.254 e. The van der Waals surface area contributed by atoms with E-state index in [1.54, 1.807) is 26.4 Å². The van der Waals surface area contributed by atoms with Crippen LogP contribution in [0.5, 0.6) is 23.0 Å². The van der Waals surface area contributed by atoms with Crippen molar-refractivity contribution in [3.63, 3.8) is 0 Å². The van der Waals surface area contributed by atoms with Gasteiger partial charge in [-0.2, -0.15) is 5.10 Å². The molecule has 0 heterocycles. The van der Waals surface area contributed by atoms with Gasteiger partial charge in [0.1, 0.15) is 11.5 Å². The maximum atomic E-state index is 12.6. The fourth-order valence-corrected chi connectivity index (χ4v) is 4.01. The monoisotopic (exact) mass is 491 g/mol. The molecule has 3 aromatic rings. The molecule has 3 N–H and O–H groups in total. The molecular weight excluding hydrogens is 458 g/mol. The number of amides is 1. The van der Waals surface area contributed by atoms with E-state index in [0.29, 0.717) is 11.3 Å². The second-order valence-electron chi connectivity index (χ2n) is 8.14. The smallest absolute Gasteiger partial charge is 0.254 e. The van der Waals surface area contributed by atoms with Gasteiger partial charge in [0.25, 0.3) is 5.91 Å². The van der Waals surface area contributed by atoms with Crippen LogP contribution in [0.25, 0.3) is 0 Å². The van der Waals surface area contributed by atoms with Crippen LogP contribution in [-0.4, -0.2) is 45.1 Å². The molecule has 0 aromatic heterocycles. The third-order valence-corrected chi connectivity index (χ3v) is 5.95. The lowest BCUT2D eigenvalue weighted by atomic mass is 9.85. The normalized spacial score (nSPS) is 12.7. The Morgan fingerprint density at radius 2 is 1.53 bits per heavy atom. The van der Waals surface area contributed by atoms with E-state index in [1.807, 2.05) is 36.4 Å². The summed E-state index contributed by atoms with van der Waals surface area (Å²) in [5.74, 6) is 1.78. The van der Waals surface area contributed by atoms with Crippen LogP contribution in [0, 0.1) is 0 Å². The second-order valence-corrected chi connectivity index (χ2v) is 8.14. The number of phenols is 1. The third-order valence-electron chi connectivity index (χ3n) is 5.95. The zero-order chi connectivity index (χ0) is 25.9. The molecule has 2 atom stereocenters. The van der Waals surface area contributed by atoms with E-state index in [4.69, 9.17) is 14.2 Å². The van der Waals surface area contributed by atoms with Gasteiger partial charge in [0.2, 0.25) is 0 Å².